The van der Waals surface area contributed by atoms with E-state index in [2.05, 4.69) is 0 Å². The highest BCUT2D eigenvalue weighted by Crippen LogP contribution is 2.53. The van der Waals surface area contributed by atoms with Gasteiger partial charge in [0.1, 0.15) is 0 Å². The molecule has 0 atom stereocenters. The van der Waals surface area contributed by atoms with Crippen molar-refractivity contribution in [2.45, 2.75) is 55.4 Å². The second kappa shape index (κ2) is 21.3. The summed E-state index contributed by atoms with van der Waals surface area (Å²) in [6, 6.07) is 15.6. The Balaban J connectivity index is 0.000000301. The molecule has 0 saturated carbocycles. The predicted molar refractivity (Wildman–Crippen MR) is 221 cm³/mol. The molecule has 16 nitrogen and oxygen atoms in total. The van der Waals surface area contributed by atoms with E-state index in [1.807, 2.05) is 0 Å². The van der Waals surface area contributed by atoms with Gasteiger partial charge in [-0.05, 0) is 90.4 Å². The van der Waals surface area contributed by atoms with Gasteiger partial charge in [0, 0.05) is 28.6 Å². The van der Waals surface area contributed by atoms with Crippen molar-refractivity contribution in [2.75, 3.05) is 58.6 Å². The third-order valence-corrected chi connectivity index (χ3v) is 16.4. The number of nitro groups is 1. The number of nitro benzene ring substituents is 1. The van der Waals surface area contributed by atoms with E-state index in [9.17, 15) is 28.4 Å². The number of nitrogen functional groups attached to an aromatic ring is 1. The molecule has 4 aromatic rings. The number of nitrogens with zero attached hydrogens (tertiary/aromatic N) is 1. The molecular formula is C36H52N2O14P4. The van der Waals surface area contributed by atoms with Crippen LogP contribution in [-0.2, 0) is 54.5 Å². The first kappa shape index (κ1) is 47.6. The first-order valence-electron chi connectivity index (χ1n) is 18.2. The lowest BCUT2D eigenvalue weighted by Gasteiger charge is -2.22. The molecule has 0 radical (unpaired) electrons. The lowest BCUT2D eigenvalue weighted by molar-refractivity contribution is -0.384. The van der Waals surface area contributed by atoms with Crippen LogP contribution in [0.2, 0.25) is 0 Å². The first-order valence-corrected chi connectivity index (χ1v) is 24.4. The van der Waals surface area contributed by atoms with Gasteiger partial charge in [-0.15, -0.1) is 0 Å². The minimum atomic E-state index is -3.86. The van der Waals surface area contributed by atoms with Crippen LogP contribution in [0.25, 0.3) is 21.5 Å². The fourth-order valence-electron chi connectivity index (χ4n) is 5.81. The van der Waals surface area contributed by atoms with Gasteiger partial charge in [0.25, 0.3) is 5.69 Å². The second-order valence-corrected chi connectivity index (χ2v) is 19.3. The Labute approximate surface area is 327 Å². The van der Waals surface area contributed by atoms with Crippen molar-refractivity contribution in [3.8, 4) is 0 Å². The Kier molecular flexibility index (Phi) is 18.1. The van der Waals surface area contributed by atoms with E-state index in [1.165, 1.54) is 18.2 Å². The summed E-state index contributed by atoms with van der Waals surface area (Å²) in [5.74, 6) is 0. The largest absolute Gasteiger partial charge is 0.399 e. The zero-order chi connectivity index (χ0) is 41.7. The monoisotopic (exact) mass is 860 g/mol. The van der Waals surface area contributed by atoms with Gasteiger partial charge in [-0.25, -0.2) is 0 Å². The number of anilines is 1. The Hall–Kier alpha value is -2.80. The first-order chi connectivity index (χ1) is 26.6. The van der Waals surface area contributed by atoms with E-state index >= 15 is 0 Å². The SMILES string of the molecule is CCOP(=O)(OCC)c1cc(N)cc2c(P(=O)(OCC)OCC)cccc12.CCOP(=O)(OCC)c1cc([N+](=O)[O-])cc2c(P(=O)(OCC)OCC)cccc12. The molecule has 0 aromatic heterocycles. The predicted octanol–water partition coefficient (Wildman–Crippen LogP) is 8.74. The Morgan fingerprint density at radius 3 is 1.09 bits per heavy atom. The summed E-state index contributed by atoms with van der Waals surface area (Å²) in [6.45, 7) is 14.9. The van der Waals surface area contributed by atoms with Gasteiger partial charge < -0.3 is 41.9 Å². The molecule has 4 aromatic carbocycles. The minimum Gasteiger partial charge on any atom is -0.399 e. The van der Waals surface area contributed by atoms with Crippen molar-refractivity contribution in [1.29, 1.82) is 0 Å². The van der Waals surface area contributed by atoms with Crippen LogP contribution in [0.3, 0.4) is 0 Å². The van der Waals surface area contributed by atoms with Crippen molar-refractivity contribution in [3.63, 3.8) is 0 Å². The van der Waals surface area contributed by atoms with Crippen LogP contribution >= 0.6 is 30.4 Å². The fraction of sp³-hybridized carbons (Fsp3) is 0.444. The number of benzene rings is 4. The topological polar surface area (TPSA) is 211 Å². The van der Waals surface area contributed by atoms with Crippen molar-refractivity contribution in [2.24, 2.45) is 0 Å². The molecule has 0 bridgehead atoms. The van der Waals surface area contributed by atoms with Gasteiger partial charge in [0.2, 0.25) is 0 Å². The van der Waals surface area contributed by atoms with Crippen LogP contribution in [-0.4, -0.2) is 57.8 Å². The van der Waals surface area contributed by atoms with Gasteiger partial charge in [-0.1, -0.05) is 24.3 Å². The van der Waals surface area contributed by atoms with Crippen LogP contribution in [0.4, 0.5) is 11.4 Å². The molecule has 0 aliphatic carbocycles. The zero-order valence-corrected chi connectivity index (χ0v) is 36.5. The molecule has 0 heterocycles. The molecule has 20 heteroatoms. The van der Waals surface area contributed by atoms with Gasteiger partial charge in [-0.2, -0.15) is 0 Å². The molecule has 310 valence electrons. The van der Waals surface area contributed by atoms with Crippen molar-refractivity contribution < 1.29 is 59.4 Å². The molecule has 0 fully saturated rings. The number of hydrogen-bond donors (Lipinski definition) is 1. The minimum absolute atomic E-state index is 0.0341. The number of fused-ring (bicyclic) bond motifs is 2. The summed E-state index contributed by atoms with van der Waals surface area (Å²) in [4.78, 5) is 10.9. The van der Waals surface area contributed by atoms with Crippen LogP contribution in [0.1, 0.15) is 55.4 Å². The summed E-state index contributed by atoms with van der Waals surface area (Å²) < 4.78 is 97.1. The van der Waals surface area contributed by atoms with Gasteiger partial charge in [-0.3, -0.25) is 28.4 Å². The maximum atomic E-state index is 13.4. The standard InChI is InChI=1S/C18H25NO8P2.C18H27NO6P2/c1-5-24-28(22,25-6-2)17-11-9-10-15-16(17)12-14(19(20)21)13-18(15)29(23,26-7-3)27-8-4;1-5-22-26(20,23-6-2)17-11-9-10-15-16(17)12-14(19)13-18(15)27(21,24-7-3)25-8-4/h9-13H,5-8H2,1-4H3;9-13H,5-8,19H2,1-4H3. The maximum absolute atomic E-state index is 13.4. The molecule has 4 rings (SSSR count). The Morgan fingerprint density at radius 2 is 0.768 bits per heavy atom. The van der Waals surface area contributed by atoms with Crippen molar-refractivity contribution in [1.82, 2.24) is 0 Å². The average Bonchev–Trinajstić information content (AvgIpc) is 3.14. The maximum Gasteiger partial charge on any atom is 0.362 e. The van der Waals surface area contributed by atoms with Gasteiger partial charge in [0.15, 0.2) is 0 Å². The summed E-state index contributed by atoms with van der Waals surface area (Å²) in [5, 5.41) is 14.2. The number of nitrogens with two attached hydrogens (primary N) is 1. The Morgan fingerprint density at radius 1 is 0.464 bits per heavy atom. The van der Waals surface area contributed by atoms with E-state index in [1.54, 1.807) is 97.9 Å². The molecule has 56 heavy (non-hydrogen) atoms. The number of hydrogen-bond acceptors (Lipinski definition) is 15. The fourth-order valence-corrected chi connectivity index (χ4v) is 13.0. The molecule has 0 aliphatic rings. The second-order valence-electron chi connectivity index (χ2n) is 11.3. The molecule has 0 aliphatic heterocycles. The highest BCUT2D eigenvalue weighted by atomic mass is 31.2. The lowest BCUT2D eigenvalue weighted by Crippen LogP contribution is -2.17. The van der Waals surface area contributed by atoms with Crippen LogP contribution < -0.4 is 27.0 Å². The van der Waals surface area contributed by atoms with E-state index in [0.717, 1.165) is 0 Å². The molecule has 0 unspecified atom stereocenters. The lowest BCUT2D eigenvalue weighted by atomic mass is 10.1. The Bertz CT molecular complexity index is 2130. The van der Waals surface area contributed by atoms with E-state index in [-0.39, 0.29) is 74.5 Å². The van der Waals surface area contributed by atoms with Crippen molar-refractivity contribution in [3.05, 3.63) is 70.8 Å². The van der Waals surface area contributed by atoms with E-state index in [4.69, 9.17) is 41.9 Å². The molecule has 0 saturated heterocycles. The average molecular weight is 861 g/mol. The van der Waals surface area contributed by atoms with Gasteiger partial charge in [0.05, 0.1) is 79.0 Å². The summed E-state index contributed by atoms with van der Waals surface area (Å²) in [7, 11) is -14.8. The van der Waals surface area contributed by atoms with Crippen LogP contribution in [0.5, 0.6) is 0 Å². The summed E-state index contributed by atoms with van der Waals surface area (Å²) in [6.07, 6.45) is 0. The summed E-state index contributed by atoms with van der Waals surface area (Å²) >= 11 is 0. The van der Waals surface area contributed by atoms with E-state index in [0.29, 0.717) is 32.5 Å². The number of rotatable bonds is 21. The third kappa shape index (κ3) is 10.8. The number of non-ortho nitro benzene ring substituents is 1. The highest BCUT2D eigenvalue weighted by molar-refractivity contribution is 7.64. The van der Waals surface area contributed by atoms with Crippen molar-refractivity contribution >= 4 is 84.5 Å². The van der Waals surface area contributed by atoms with E-state index < -0.39 is 35.3 Å². The smallest absolute Gasteiger partial charge is 0.362 e. The molecule has 0 spiro atoms. The normalized spacial score (nSPS) is 12.5. The quantitative estimate of drug-likeness (QED) is 0.0359. The molecule has 2 N–H and O–H groups in total. The zero-order valence-electron chi connectivity index (χ0n) is 33.0. The summed E-state index contributed by atoms with van der Waals surface area (Å²) in [5.41, 5.74) is 6.09. The molecule has 0 amide bonds. The third-order valence-electron chi connectivity index (χ3n) is 7.69. The molecular weight excluding hydrogens is 808 g/mol. The van der Waals surface area contributed by atoms with Gasteiger partial charge >= 0.3 is 30.4 Å². The van der Waals surface area contributed by atoms with Crippen LogP contribution in [0.15, 0.2) is 60.7 Å². The van der Waals surface area contributed by atoms with Crippen LogP contribution in [0, 0.1) is 10.1 Å². The highest BCUT2D eigenvalue weighted by Gasteiger charge is 2.36.